The number of piperazine rings is 1. The first kappa shape index (κ1) is 25.5. The van der Waals surface area contributed by atoms with Gasteiger partial charge in [0.15, 0.2) is 18.1 Å². The lowest BCUT2D eigenvalue weighted by molar-refractivity contribution is -0.192. The van der Waals surface area contributed by atoms with Crippen LogP contribution in [0.5, 0.6) is 6.01 Å². The van der Waals surface area contributed by atoms with E-state index in [2.05, 4.69) is 43.9 Å². The summed E-state index contributed by atoms with van der Waals surface area (Å²) < 4.78 is 40.5. The fourth-order valence-electron chi connectivity index (χ4n) is 2.89. The van der Waals surface area contributed by atoms with Gasteiger partial charge in [-0.2, -0.15) is 23.1 Å². The van der Waals surface area contributed by atoms with Gasteiger partial charge in [0.25, 0.3) is 0 Å². The normalized spacial score (nSPS) is 13.2. The maximum atomic E-state index is 12.7. The van der Waals surface area contributed by atoms with Crippen molar-refractivity contribution in [2.45, 2.75) is 26.6 Å². The smallest absolute Gasteiger partial charge is 0.475 e. The van der Waals surface area contributed by atoms with Crippen molar-refractivity contribution >= 4 is 23.0 Å². The molecule has 10 nitrogen and oxygen atoms in total. The van der Waals surface area contributed by atoms with Crippen LogP contribution in [0, 0.1) is 23.7 Å². The zero-order valence-corrected chi connectivity index (χ0v) is 18.3. The molecule has 1 aliphatic rings. The first-order chi connectivity index (χ1) is 15.6. The Kier molecular flexibility index (Phi) is 8.70. The third-order valence-corrected chi connectivity index (χ3v) is 4.46. The Balaban J connectivity index is 0.000000479. The van der Waals surface area contributed by atoms with Gasteiger partial charge in [-0.05, 0) is 13.8 Å². The largest absolute Gasteiger partial charge is 0.490 e. The number of aryl methyl sites for hydroxylation is 1. The molecular formula is C20H23F3N6O4. The van der Waals surface area contributed by atoms with Gasteiger partial charge in [-0.1, -0.05) is 11.8 Å². The summed E-state index contributed by atoms with van der Waals surface area (Å²) in [5, 5.41) is 10.4. The number of aliphatic carboxylic acids is 1. The first-order valence-corrected chi connectivity index (χ1v) is 9.76. The summed E-state index contributed by atoms with van der Waals surface area (Å²) in [4.78, 5) is 32.8. The summed E-state index contributed by atoms with van der Waals surface area (Å²) in [5.74, 6) is 9.36. The highest BCUT2D eigenvalue weighted by atomic mass is 19.4. The van der Waals surface area contributed by atoms with Crippen molar-refractivity contribution in [2.75, 3.05) is 37.7 Å². The molecule has 3 heterocycles. The van der Waals surface area contributed by atoms with Gasteiger partial charge < -0.3 is 20.1 Å². The molecule has 3 rings (SSSR count). The summed E-state index contributed by atoms with van der Waals surface area (Å²) in [6.45, 7) is 7.31. The van der Waals surface area contributed by atoms with Crippen molar-refractivity contribution in [3.8, 4) is 29.7 Å². The van der Waals surface area contributed by atoms with E-state index in [1.54, 1.807) is 25.5 Å². The van der Waals surface area contributed by atoms with Gasteiger partial charge >= 0.3 is 23.8 Å². The number of carboxylic acids is 1. The minimum Gasteiger partial charge on any atom is -0.475 e. The van der Waals surface area contributed by atoms with Gasteiger partial charge in [-0.25, -0.2) is 9.59 Å². The van der Waals surface area contributed by atoms with Crippen LogP contribution in [0.1, 0.15) is 13.8 Å². The minimum absolute atomic E-state index is 0.168. The second-order valence-corrected chi connectivity index (χ2v) is 6.61. The molecule has 1 aliphatic heterocycles. The van der Waals surface area contributed by atoms with E-state index in [0.29, 0.717) is 23.5 Å². The lowest BCUT2D eigenvalue weighted by atomic mass is 10.3. The maximum absolute atomic E-state index is 12.7. The van der Waals surface area contributed by atoms with Crippen LogP contribution in [0.25, 0.3) is 11.2 Å². The second kappa shape index (κ2) is 11.2. The zero-order chi connectivity index (χ0) is 24.6. The van der Waals surface area contributed by atoms with Crippen LogP contribution in [0.2, 0.25) is 0 Å². The molecule has 2 aromatic rings. The molecule has 178 valence electrons. The average Bonchev–Trinajstić information content (AvgIpc) is 3.02. The van der Waals surface area contributed by atoms with Crippen molar-refractivity contribution in [2.24, 2.45) is 7.05 Å². The molecule has 0 saturated carbocycles. The highest BCUT2D eigenvalue weighted by Gasteiger charge is 2.38. The Bertz CT molecular complexity index is 1170. The van der Waals surface area contributed by atoms with Gasteiger partial charge in [0.2, 0.25) is 0 Å². The number of carboxylic acid groups (broad SMARTS) is 1. The van der Waals surface area contributed by atoms with E-state index >= 15 is 0 Å². The van der Waals surface area contributed by atoms with E-state index in [9.17, 15) is 18.0 Å². The quantitative estimate of drug-likeness (QED) is 0.627. The third-order valence-electron chi connectivity index (χ3n) is 4.46. The van der Waals surface area contributed by atoms with Crippen LogP contribution in [0.3, 0.4) is 0 Å². The van der Waals surface area contributed by atoms with Crippen molar-refractivity contribution in [1.82, 2.24) is 24.4 Å². The summed E-state index contributed by atoms with van der Waals surface area (Å²) in [6, 6.07) is 0.225. The Morgan fingerprint density at radius 3 is 2.33 bits per heavy atom. The van der Waals surface area contributed by atoms with Crippen LogP contribution in [0.4, 0.5) is 19.0 Å². The third kappa shape index (κ3) is 6.40. The number of imidazole rings is 1. The summed E-state index contributed by atoms with van der Waals surface area (Å²) in [6.07, 6.45) is -5.08. The van der Waals surface area contributed by atoms with Crippen LogP contribution >= 0.6 is 0 Å². The number of hydrogen-bond acceptors (Lipinski definition) is 7. The molecule has 0 amide bonds. The van der Waals surface area contributed by atoms with E-state index in [0.717, 1.165) is 26.2 Å². The number of fused-ring (bicyclic) bond motifs is 1. The van der Waals surface area contributed by atoms with E-state index in [1.807, 2.05) is 0 Å². The van der Waals surface area contributed by atoms with Crippen LogP contribution in [-0.2, 0) is 18.4 Å². The summed E-state index contributed by atoms with van der Waals surface area (Å²) in [7, 11) is 1.70. The van der Waals surface area contributed by atoms with Crippen LogP contribution in [-0.4, -0.2) is 69.1 Å². The van der Waals surface area contributed by atoms with Crippen molar-refractivity contribution in [1.29, 1.82) is 0 Å². The standard InChI is InChI=1S/C18H22N6O2.C2HF3O2/c1-4-6-10-24-14-15(22(3)18(24)25)20-17(26-13-7-5-2)21-16(14)23-11-8-19-9-12-23;3-2(4,5)1(6)7/h19H,8-13H2,1-3H3;(H,6,7). The lowest BCUT2D eigenvalue weighted by Crippen LogP contribution is -2.44. The van der Waals surface area contributed by atoms with Gasteiger partial charge in [-0.15, -0.1) is 11.8 Å². The fraction of sp³-hybridized carbons (Fsp3) is 0.500. The number of halogens is 3. The van der Waals surface area contributed by atoms with Gasteiger partial charge in [0.1, 0.15) is 5.52 Å². The molecule has 2 N–H and O–H groups in total. The number of aromatic nitrogens is 4. The van der Waals surface area contributed by atoms with Crippen molar-refractivity contribution < 1.29 is 27.8 Å². The number of carbonyl (C=O) groups is 1. The topological polar surface area (TPSA) is 115 Å². The van der Waals surface area contributed by atoms with E-state index < -0.39 is 12.1 Å². The number of ether oxygens (including phenoxy) is 1. The predicted molar refractivity (Wildman–Crippen MR) is 114 cm³/mol. The minimum atomic E-state index is -5.08. The highest BCUT2D eigenvalue weighted by molar-refractivity contribution is 5.85. The molecule has 1 fully saturated rings. The second-order valence-electron chi connectivity index (χ2n) is 6.61. The average molecular weight is 468 g/mol. The lowest BCUT2D eigenvalue weighted by Gasteiger charge is -2.29. The number of rotatable bonds is 4. The fourth-order valence-corrected chi connectivity index (χ4v) is 2.89. The van der Waals surface area contributed by atoms with E-state index in [1.165, 1.54) is 4.57 Å². The van der Waals surface area contributed by atoms with E-state index in [-0.39, 0.29) is 18.3 Å². The molecule has 33 heavy (non-hydrogen) atoms. The highest BCUT2D eigenvalue weighted by Crippen LogP contribution is 2.26. The SMILES string of the molecule is CC#CCOc1nc(N2CCNCC2)c2c(n1)n(C)c(=O)n2CC#CC.O=C(O)C(F)(F)F. The Morgan fingerprint density at radius 1 is 1.18 bits per heavy atom. The van der Waals surface area contributed by atoms with Gasteiger partial charge in [-0.3, -0.25) is 9.13 Å². The Labute approximate surface area is 187 Å². The zero-order valence-electron chi connectivity index (χ0n) is 18.3. The Hall–Kier alpha value is -3.71. The molecular weight excluding hydrogens is 445 g/mol. The summed E-state index contributed by atoms with van der Waals surface area (Å²) >= 11 is 0. The van der Waals surface area contributed by atoms with E-state index in [4.69, 9.17) is 14.6 Å². The number of nitrogens with one attached hydrogen (secondary N) is 1. The van der Waals surface area contributed by atoms with Crippen LogP contribution < -0.4 is 20.6 Å². The molecule has 13 heteroatoms. The molecule has 0 bridgehead atoms. The van der Waals surface area contributed by atoms with Gasteiger partial charge in [0.05, 0.1) is 6.54 Å². The molecule has 1 saturated heterocycles. The van der Waals surface area contributed by atoms with Crippen LogP contribution in [0.15, 0.2) is 4.79 Å². The van der Waals surface area contributed by atoms with Gasteiger partial charge in [0, 0.05) is 33.2 Å². The molecule has 0 radical (unpaired) electrons. The predicted octanol–water partition coefficient (Wildman–Crippen LogP) is 0.598. The summed E-state index contributed by atoms with van der Waals surface area (Å²) in [5.41, 5.74) is 1.06. The molecule has 0 aromatic carbocycles. The maximum Gasteiger partial charge on any atom is 0.490 e. The molecule has 0 spiro atoms. The monoisotopic (exact) mass is 468 g/mol. The molecule has 2 aromatic heterocycles. The molecule has 0 atom stereocenters. The molecule has 0 unspecified atom stereocenters. The van der Waals surface area contributed by atoms with Crippen molar-refractivity contribution in [3.05, 3.63) is 10.5 Å². The van der Waals surface area contributed by atoms with Crippen molar-refractivity contribution in [3.63, 3.8) is 0 Å². The number of anilines is 1. The number of alkyl halides is 3. The molecule has 0 aliphatic carbocycles. The Morgan fingerprint density at radius 2 is 1.79 bits per heavy atom. The number of nitrogens with zero attached hydrogens (tertiary/aromatic N) is 5. The first-order valence-electron chi connectivity index (χ1n) is 9.76. The number of hydrogen-bond donors (Lipinski definition) is 2.